The lowest BCUT2D eigenvalue weighted by Crippen LogP contribution is -2.42. The number of hydrogen-bond acceptors (Lipinski definition) is 5. The molecule has 0 unspecified atom stereocenters. The normalized spacial score (nSPS) is 17.9. The first kappa shape index (κ1) is 13.8. The standard InChI is InChI=1S/C14H18N4O3/c1-9-4-5-12(21-9)14(19)18-7-6-10-13(11(18)8-20-3)15-16-17(10)2/h4-5,11H,6-8H2,1-3H3/t11-/m1/s1. The van der Waals surface area contributed by atoms with Gasteiger partial charge in [-0.1, -0.05) is 5.21 Å². The largest absolute Gasteiger partial charge is 0.456 e. The third kappa shape index (κ3) is 2.33. The summed E-state index contributed by atoms with van der Waals surface area (Å²) in [6.45, 7) is 2.80. The van der Waals surface area contributed by atoms with Gasteiger partial charge in [0.2, 0.25) is 0 Å². The Hall–Kier alpha value is -2.15. The smallest absolute Gasteiger partial charge is 0.290 e. The monoisotopic (exact) mass is 290 g/mol. The lowest BCUT2D eigenvalue weighted by atomic mass is 10.0. The highest BCUT2D eigenvalue weighted by Crippen LogP contribution is 2.29. The number of aromatic nitrogens is 3. The minimum atomic E-state index is -0.231. The van der Waals surface area contributed by atoms with Gasteiger partial charge >= 0.3 is 0 Å². The minimum Gasteiger partial charge on any atom is -0.456 e. The van der Waals surface area contributed by atoms with Crippen LogP contribution in [-0.4, -0.2) is 46.1 Å². The lowest BCUT2D eigenvalue weighted by Gasteiger charge is -2.33. The number of carbonyl (C=O) groups excluding carboxylic acids is 1. The van der Waals surface area contributed by atoms with Gasteiger partial charge in [-0.3, -0.25) is 9.48 Å². The van der Waals surface area contributed by atoms with E-state index in [0.717, 1.165) is 23.6 Å². The molecule has 1 amide bonds. The molecular formula is C14H18N4O3. The zero-order valence-electron chi connectivity index (χ0n) is 12.4. The Morgan fingerprint density at radius 3 is 3.00 bits per heavy atom. The molecule has 2 aromatic heterocycles. The van der Waals surface area contributed by atoms with Crippen molar-refractivity contribution in [1.29, 1.82) is 0 Å². The minimum absolute atomic E-state index is 0.138. The van der Waals surface area contributed by atoms with Crippen LogP contribution in [0.15, 0.2) is 16.5 Å². The fourth-order valence-corrected chi connectivity index (χ4v) is 2.73. The van der Waals surface area contributed by atoms with Crippen LogP contribution in [-0.2, 0) is 18.2 Å². The molecule has 21 heavy (non-hydrogen) atoms. The highest BCUT2D eigenvalue weighted by molar-refractivity contribution is 5.92. The highest BCUT2D eigenvalue weighted by atomic mass is 16.5. The molecule has 0 radical (unpaired) electrons. The Labute approximate surface area is 122 Å². The lowest BCUT2D eigenvalue weighted by molar-refractivity contribution is 0.0461. The van der Waals surface area contributed by atoms with Gasteiger partial charge < -0.3 is 14.1 Å². The number of ether oxygens (including phenoxy) is 1. The molecule has 0 aliphatic carbocycles. The maximum atomic E-state index is 12.6. The number of aryl methyl sites for hydroxylation is 2. The molecule has 0 saturated carbocycles. The van der Waals surface area contributed by atoms with Crippen LogP contribution in [0.1, 0.15) is 33.7 Å². The van der Waals surface area contributed by atoms with Crippen molar-refractivity contribution in [3.8, 4) is 0 Å². The van der Waals surface area contributed by atoms with E-state index in [9.17, 15) is 4.79 Å². The summed E-state index contributed by atoms with van der Waals surface area (Å²) in [6.07, 6.45) is 0.727. The van der Waals surface area contributed by atoms with E-state index in [2.05, 4.69) is 10.3 Å². The van der Waals surface area contributed by atoms with E-state index in [1.807, 2.05) is 14.0 Å². The summed E-state index contributed by atoms with van der Waals surface area (Å²) in [7, 11) is 3.48. The van der Waals surface area contributed by atoms with Gasteiger partial charge in [-0.15, -0.1) is 5.10 Å². The van der Waals surface area contributed by atoms with Crippen LogP contribution in [0.2, 0.25) is 0 Å². The maximum absolute atomic E-state index is 12.6. The van der Waals surface area contributed by atoms with Gasteiger partial charge in [0.15, 0.2) is 5.76 Å². The number of rotatable bonds is 3. The van der Waals surface area contributed by atoms with Crippen LogP contribution in [0.5, 0.6) is 0 Å². The third-order valence-corrected chi connectivity index (χ3v) is 3.79. The van der Waals surface area contributed by atoms with Crippen LogP contribution < -0.4 is 0 Å². The topological polar surface area (TPSA) is 73.4 Å². The SMILES string of the molecule is COC[C@@H]1c2nnn(C)c2CCN1C(=O)c1ccc(C)o1. The molecule has 0 spiro atoms. The molecule has 112 valence electrons. The van der Waals surface area contributed by atoms with Crippen molar-refractivity contribution >= 4 is 5.91 Å². The van der Waals surface area contributed by atoms with E-state index >= 15 is 0 Å². The summed E-state index contributed by atoms with van der Waals surface area (Å²) in [4.78, 5) is 14.4. The van der Waals surface area contributed by atoms with Gasteiger partial charge in [0.25, 0.3) is 5.91 Å². The fraction of sp³-hybridized carbons (Fsp3) is 0.500. The van der Waals surface area contributed by atoms with Crippen LogP contribution >= 0.6 is 0 Å². The Bertz CT molecular complexity index is 661. The van der Waals surface area contributed by atoms with E-state index in [1.165, 1.54) is 0 Å². The predicted octanol–water partition coefficient (Wildman–Crippen LogP) is 1.10. The maximum Gasteiger partial charge on any atom is 0.290 e. The Kier molecular flexibility index (Phi) is 3.50. The average Bonchev–Trinajstić information content (AvgIpc) is 3.06. The summed E-state index contributed by atoms with van der Waals surface area (Å²) in [6, 6.07) is 3.26. The van der Waals surface area contributed by atoms with Gasteiger partial charge in [0, 0.05) is 27.1 Å². The summed E-state index contributed by atoms with van der Waals surface area (Å²) in [5.74, 6) is 0.932. The van der Waals surface area contributed by atoms with E-state index in [0.29, 0.717) is 18.9 Å². The summed E-state index contributed by atoms with van der Waals surface area (Å²) in [5, 5.41) is 8.25. The van der Waals surface area contributed by atoms with Crippen LogP contribution in [0.25, 0.3) is 0 Å². The number of amides is 1. The summed E-state index contributed by atoms with van der Waals surface area (Å²) >= 11 is 0. The van der Waals surface area contributed by atoms with Crippen molar-refractivity contribution in [2.45, 2.75) is 19.4 Å². The molecule has 1 aliphatic rings. The van der Waals surface area contributed by atoms with Crippen molar-refractivity contribution < 1.29 is 13.9 Å². The second-order valence-corrected chi connectivity index (χ2v) is 5.17. The van der Waals surface area contributed by atoms with Crippen LogP contribution in [0.3, 0.4) is 0 Å². The van der Waals surface area contributed by atoms with Gasteiger partial charge in [-0.25, -0.2) is 0 Å². The molecular weight excluding hydrogens is 272 g/mol. The van der Waals surface area contributed by atoms with Crippen molar-refractivity contribution in [3.05, 3.63) is 35.0 Å². The average molecular weight is 290 g/mol. The molecule has 3 heterocycles. The molecule has 0 aromatic carbocycles. The molecule has 7 heteroatoms. The molecule has 1 atom stereocenters. The Morgan fingerprint density at radius 1 is 1.52 bits per heavy atom. The number of hydrogen-bond donors (Lipinski definition) is 0. The number of furan rings is 1. The third-order valence-electron chi connectivity index (χ3n) is 3.79. The van der Waals surface area contributed by atoms with Crippen LogP contribution in [0.4, 0.5) is 0 Å². The highest BCUT2D eigenvalue weighted by Gasteiger charge is 2.35. The van der Waals surface area contributed by atoms with Crippen molar-refractivity contribution in [2.24, 2.45) is 7.05 Å². The quantitative estimate of drug-likeness (QED) is 0.846. The van der Waals surface area contributed by atoms with Crippen molar-refractivity contribution in [2.75, 3.05) is 20.3 Å². The predicted molar refractivity (Wildman–Crippen MR) is 73.8 cm³/mol. The van der Waals surface area contributed by atoms with Crippen molar-refractivity contribution in [3.63, 3.8) is 0 Å². The molecule has 2 aromatic rings. The zero-order valence-corrected chi connectivity index (χ0v) is 12.4. The molecule has 0 N–H and O–H groups in total. The zero-order chi connectivity index (χ0) is 15.0. The van der Waals surface area contributed by atoms with E-state index in [-0.39, 0.29) is 11.9 Å². The molecule has 7 nitrogen and oxygen atoms in total. The second-order valence-electron chi connectivity index (χ2n) is 5.17. The number of nitrogens with zero attached hydrogens (tertiary/aromatic N) is 4. The molecule has 1 aliphatic heterocycles. The Balaban J connectivity index is 1.93. The van der Waals surface area contributed by atoms with E-state index in [4.69, 9.17) is 9.15 Å². The second kappa shape index (κ2) is 5.33. The fourth-order valence-electron chi connectivity index (χ4n) is 2.73. The van der Waals surface area contributed by atoms with Gasteiger partial charge in [0.1, 0.15) is 17.5 Å². The first-order chi connectivity index (χ1) is 10.1. The van der Waals surface area contributed by atoms with E-state index < -0.39 is 0 Å². The number of fused-ring (bicyclic) bond motifs is 1. The first-order valence-corrected chi connectivity index (χ1v) is 6.86. The number of methoxy groups -OCH3 is 1. The van der Waals surface area contributed by atoms with E-state index in [1.54, 1.807) is 28.8 Å². The summed E-state index contributed by atoms with van der Waals surface area (Å²) in [5.41, 5.74) is 1.86. The van der Waals surface area contributed by atoms with Gasteiger partial charge in [0.05, 0.1) is 12.3 Å². The van der Waals surface area contributed by atoms with Crippen LogP contribution in [0, 0.1) is 6.92 Å². The molecule has 3 rings (SSSR count). The number of carbonyl (C=O) groups is 1. The van der Waals surface area contributed by atoms with Gasteiger partial charge in [-0.05, 0) is 19.1 Å². The Morgan fingerprint density at radius 2 is 2.33 bits per heavy atom. The molecule has 0 fully saturated rings. The summed E-state index contributed by atoms with van der Waals surface area (Å²) < 4.78 is 12.5. The molecule has 0 saturated heterocycles. The molecule has 0 bridgehead atoms. The van der Waals surface area contributed by atoms with Gasteiger partial charge in [-0.2, -0.15) is 0 Å². The first-order valence-electron chi connectivity index (χ1n) is 6.86. The van der Waals surface area contributed by atoms with Crippen molar-refractivity contribution in [1.82, 2.24) is 19.9 Å².